The van der Waals surface area contributed by atoms with Crippen LogP contribution in [0.2, 0.25) is 0 Å². The Morgan fingerprint density at radius 2 is 1.20 bits per heavy atom. The number of hydrogen-bond donors (Lipinski definition) is 0. The summed E-state index contributed by atoms with van der Waals surface area (Å²) in [6, 6.07) is 49.9. The van der Waals surface area contributed by atoms with Gasteiger partial charge < -0.3 is 4.42 Å². The van der Waals surface area contributed by atoms with Crippen LogP contribution in [-0.4, -0.2) is 14.5 Å². The van der Waals surface area contributed by atoms with E-state index in [0.717, 1.165) is 59.8 Å². The Kier molecular flexibility index (Phi) is 5.23. The molecule has 0 unspecified atom stereocenters. The average molecular weight is 674 g/mol. The molecule has 5 heterocycles. The highest BCUT2D eigenvalue weighted by molar-refractivity contribution is 7.26. The molecule has 0 N–H and O–H groups in total. The molecule has 6 heteroatoms. The maximum Gasteiger partial charge on any atom is 0.236 e. The summed E-state index contributed by atoms with van der Waals surface area (Å²) in [5, 5.41) is 11.8. The Morgan fingerprint density at radius 1 is 0.460 bits per heavy atom. The van der Waals surface area contributed by atoms with E-state index in [0.29, 0.717) is 5.95 Å². The van der Waals surface area contributed by atoms with E-state index in [1.807, 2.05) is 23.5 Å². The van der Waals surface area contributed by atoms with Gasteiger partial charge in [-0.25, -0.2) is 9.97 Å². The predicted molar refractivity (Wildman–Crippen MR) is 212 cm³/mol. The monoisotopic (exact) mass is 673 g/mol. The topological polar surface area (TPSA) is 43.9 Å². The molecule has 232 valence electrons. The zero-order valence-corrected chi connectivity index (χ0v) is 28.0. The SMILES string of the molecule is c1ccc2c(c1)oc1ccc3cc4c5ccccc5n(-c5nc(-c6ccc7c(c6)sc6ccccc67)c6c(n5)sc5ccccc56)c4cc3c12. The quantitative estimate of drug-likeness (QED) is 0.183. The van der Waals surface area contributed by atoms with Gasteiger partial charge in [-0.1, -0.05) is 91.0 Å². The van der Waals surface area contributed by atoms with Crippen LogP contribution in [0.4, 0.5) is 0 Å². The van der Waals surface area contributed by atoms with Crippen LogP contribution in [0, 0.1) is 0 Å². The Labute approximate surface area is 292 Å². The van der Waals surface area contributed by atoms with Gasteiger partial charge in [-0.15, -0.1) is 22.7 Å². The summed E-state index contributed by atoms with van der Waals surface area (Å²) in [6.45, 7) is 0. The van der Waals surface area contributed by atoms with Gasteiger partial charge in [0, 0.05) is 62.8 Å². The minimum Gasteiger partial charge on any atom is -0.456 e. The summed E-state index contributed by atoms with van der Waals surface area (Å²) in [7, 11) is 0. The molecule has 0 amide bonds. The van der Waals surface area contributed by atoms with Crippen LogP contribution < -0.4 is 0 Å². The molecule has 4 nitrogen and oxygen atoms in total. The van der Waals surface area contributed by atoms with E-state index in [1.54, 1.807) is 11.3 Å². The van der Waals surface area contributed by atoms with Crippen molar-refractivity contribution >= 4 is 118 Å². The maximum absolute atomic E-state index is 6.31. The largest absolute Gasteiger partial charge is 0.456 e. The number of hydrogen-bond acceptors (Lipinski definition) is 5. The Balaban J connectivity index is 1.20. The van der Waals surface area contributed by atoms with E-state index >= 15 is 0 Å². The van der Waals surface area contributed by atoms with Crippen molar-refractivity contribution in [2.24, 2.45) is 0 Å². The van der Waals surface area contributed by atoms with Gasteiger partial charge in [0.05, 0.1) is 16.7 Å². The van der Waals surface area contributed by atoms with Crippen molar-refractivity contribution in [3.63, 3.8) is 0 Å². The zero-order chi connectivity index (χ0) is 32.5. The number of furan rings is 1. The Morgan fingerprint density at radius 3 is 2.10 bits per heavy atom. The first-order valence-electron chi connectivity index (χ1n) is 16.7. The van der Waals surface area contributed by atoms with E-state index in [1.165, 1.54) is 46.4 Å². The van der Waals surface area contributed by atoms with Crippen LogP contribution in [-0.2, 0) is 0 Å². The second kappa shape index (κ2) is 9.76. The first kappa shape index (κ1) is 26.8. The third-order valence-corrected chi connectivity index (χ3v) is 12.4. The Hall–Kier alpha value is -6.08. The third kappa shape index (κ3) is 3.59. The highest BCUT2D eigenvalue weighted by atomic mass is 32.1. The number of benzene rings is 7. The molecule has 0 fully saturated rings. The predicted octanol–water partition coefficient (Wildman–Crippen LogP) is 13.0. The van der Waals surface area contributed by atoms with Crippen molar-refractivity contribution < 1.29 is 4.42 Å². The molecular formula is C44H23N3OS2. The number of thiophene rings is 2. The van der Waals surface area contributed by atoms with Crippen LogP contribution in [0.25, 0.3) is 112 Å². The first-order valence-corrected chi connectivity index (χ1v) is 18.3. The van der Waals surface area contributed by atoms with Crippen LogP contribution in [0.5, 0.6) is 0 Å². The number of para-hydroxylation sites is 2. The van der Waals surface area contributed by atoms with Crippen molar-refractivity contribution in [2.45, 2.75) is 0 Å². The molecule has 0 aliphatic rings. The van der Waals surface area contributed by atoms with Gasteiger partial charge >= 0.3 is 0 Å². The van der Waals surface area contributed by atoms with Crippen LogP contribution in [0.3, 0.4) is 0 Å². The third-order valence-electron chi connectivity index (χ3n) is 10.2. The average Bonchev–Trinajstić information content (AvgIpc) is 3.91. The Bertz CT molecular complexity index is 3400. The molecule has 7 aromatic carbocycles. The lowest BCUT2D eigenvalue weighted by Crippen LogP contribution is -2.02. The molecule has 0 aliphatic carbocycles. The lowest BCUT2D eigenvalue weighted by atomic mass is 10.0. The van der Waals surface area contributed by atoms with E-state index < -0.39 is 0 Å². The molecular weight excluding hydrogens is 651 g/mol. The first-order chi connectivity index (χ1) is 24.8. The minimum atomic E-state index is 0.672. The summed E-state index contributed by atoms with van der Waals surface area (Å²) in [5.41, 5.74) is 5.99. The van der Waals surface area contributed by atoms with Crippen molar-refractivity contribution in [1.82, 2.24) is 14.5 Å². The molecule has 12 rings (SSSR count). The highest BCUT2D eigenvalue weighted by Gasteiger charge is 2.22. The van der Waals surface area contributed by atoms with Crippen molar-refractivity contribution in [3.8, 4) is 17.2 Å². The summed E-state index contributed by atoms with van der Waals surface area (Å²) >= 11 is 3.57. The summed E-state index contributed by atoms with van der Waals surface area (Å²) in [6.07, 6.45) is 0. The fourth-order valence-electron chi connectivity index (χ4n) is 8.02. The maximum atomic E-state index is 6.31. The number of nitrogens with zero attached hydrogens (tertiary/aromatic N) is 3. The van der Waals surface area contributed by atoms with Gasteiger partial charge in [-0.05, 0) is 59.3 Å². The molecule has 12 aromatic rings. The van der Waals surface area contributed by atoms with Crippen LogP contribution >= 0.6 is 22.7 Å². The van der Waals surface area contributed by atoms with Gasteiger partial charge in [0.25, 0.3) is 0 Å². The van der Waals surface area contributed by atoms with Crippen molar-refractivity contribution in [1.29, 1.82) is 0 Å². The van der Waals surface area contributed by atoms with Gasteiger partial charge in [0.15, 0.2) is 0 Å². The molecule has 0 spiro atoms. The minimum absolute atomic E-state index is 0.672. The molecule has 0 aliphatic heterocycles. The van der Waals surface area contributed by atoms with Crippen molar-refractivity contribution in [2.75, 3.05) is 0 Å². The van der Waals surface area contributed by atoms with Gasteiger partial charge in [0.1, 0.15) is 16.0 Å². The van der Waals surface area contributed by atoms with Gasteiger partial charge in [-0.3, -0.25) is 4.57 Å². The van der Waals surface area contributed by atoms with E-state index in [2.05, 4.69) is 132 Å². The summed E-state index contributed by atoms with van der Waals surface area (Å²) < 4.78 is 12.3. The second-order valence-electron chi connectivity index (χ2n) is 12.9. The van der Waals surface area contributed by atoms with Crippen LogP contribution in [0.1, 0.15) is 0 Å². The highest BCUT2D eigenvalue weighted by Crippen LogP contribution is 2.43. The molecule has 0 bridgehead atoms. The lowest BCUT2D eigenvalue weighted by Gasteiger charge is -2.11. The summed E-state index contributed by atoms with van der Waals surface area (Å²) in [5.74, 6) is 0.672. The lowest BCUT2D eigenvalue weighted by molar-refractivity contribution is 0.669. The fraction of sp³-hybridized carbons (Fsp3) is 0. The van der Waals surface area contributed by atoms with E-state index in [-0.39, 0.29) is 0 Å². The molecule has 0 radical (unpaired) electrons. The molecule has 5 aromatic heterocycles. The molecule has 50 heavy (non-hydrogen) atoms. The second-order valence-corrected chi connectivity index (χ2v) is 15.1. The number of aromatic nitrogens is 3. The molecule has 0 saturated heterocycles. The fourth-order valence-corrected chi connectivity index (χ4v) is 10.2. The standard InChI is InChI=1S/C44H23N3OS2/c1-5-13-33-26(9-1)32-21-24-18-20-36-40(29-11-2-6-14-35(29)48-36)31(24)23-34(32)47(33)44-45-42(41-30-12-4-8-16-38(30)50-43(41)46-44)25-17-19-28-27-10-3-7-15-37(27)49-39(28)22-25/h1-23H. The smallest absolute Gasteiger partial charge is 0.236 e. The number of fused-ring (bicyclic) bond motifs is 14. The molecule has 0 atom stereocenters. The summed E-state index contributed by atoms with van der Waals surface area (Å²) in [4.78, 5) is 11.9. The molecule has 0 saturated carbocycles. The van der Waals surface area contributed by atoms with Crippen molar-refractivity contribution in [3.05, 3.63) is 140 Å². The van der Waals surface area contributed by atoms with Crippen LogP contribution in [0.15, 0.2) is 144 Å². The normalized spacial score (nSPS) is 12.4. The zero-order valence-electron chi connectivity index (χ0n) is 26.3. The van der Waals surface area contributed by atoms with Gasteiger partial charge in [-0.2, -0.15) is 0 Å². The van der Waals surface area contributed by atoms with E-state index in [4.69, 9.17) is 14.4 Å². The van der Waals surface area contributed by atoms with E-state index in [9.17, 15) is 0 Å². The number of rotatable bonds is 2. The van der Waals surface area contributed by atoms with Gasteiger partial charge in [0.2, 0.25) is 5.95 Å².